The van der Waals surface area contributed by atoms with E-state index in [0.717, 1.165) is 23.7 Å². The number of ether oxygens (including phenoxy) is 1. The van der Waals surface area contributed by atoms with Crippen LogP contribution in [0.5, 0.6) is 0 Å². The summed E-state index contributed by atoms with van der Waals surface area (Å²) in [6.45, 7) is 2.60. The Hall–Kier alpha value is -1.81. The summed E-state index contributed by atoms with van der Waals surface area (Å²) < 4.78 is 6.27. The fraction of sp³-hybridized carbons (Fsp3) is 0.333. The number of methoxy groups -OCH3 is 1. The van der Waals surface area contributed by atoms with Gasteiger partial charge >= 0.3 is 5.97 Å². The maximum absolute atomic E-state index is 12.4. The third-order valence-electron chi connectivity index (χ3n) is 3.20. The van der Waals surface area contributed by atoms with Gasteiger partial charge in [-0.1, -0.05) is 31.0 Å². The summed E-state index contributed by atoms with van der Waals surface area (Å²) in [6.07, 6.45) is 1.81. The number of esters is 1. The van der Waals surface area contributed by atoms with Crippen LogP contribution in [0.4, 0.5) is 0 Å². The van der Waals surface area contributed by atoms with Gasteiger partial charge in [0, 0.05) is 11.6 Å². The van der Waals surface area contributed by atoms with Crippen LogP contribution in [0.3, 0.4) is 0 Å². The number of fused-ring (bicyclic) bond motifs is 1. The lowest BCUT2D eigenvalue weighted by Gasteiger charge is -2.12. The summed E-state index contributed by atoms with van der Waals surface area (Å²) >= 11 is 6.00. The van der Waals surface area contributed by atoms with Gasteiger partial charge in [0.1, 0.15) is 5.56 Å². The molecular formula is C15H16ClNO3. The van der Waals surface area contributed by atoms with Crippen molar-refractivity contribution >= 4 is 28.5 Å². The number of benzene rings is 1. The largest absolute Gasteiger partial charge is 0.465 e. The molecule has 0 aliphatic heterocycles. The van der Waals surface area contributed by atoms with E-state index in [1.807, 2.05) is 6.92 Å². The number of hydrogen-bond donors (Lipinski definition) is 0. The summed E-state index contributed by atoms with van der Waals surface area (Å²) in [7, 11) is 1.27. The van der Waals surface area contributed by atoms with E-state index in [1.165, 1.54) is 7.11 Å². The van der Waals surface area contributed by atoms with Gasteiger partial charge in [-0.3, -0.25) is 4.79 Å². The van der Waals surface area contributed by atoms with Crippen LogP contribution in [-0.4, -0.2) is 17.6 Å². The zero-order chi connectivity index (χ0) is 14.7. The molecule has 0 saturated heterocycles. The molecule has 106 valence electrons. The summed E-state index contributed by atoms with van der Waals surface area (Å²) in [6, 6.07) is 6.84. The Kier molecular flexibility index (Phi) is 4.45. The summed E-state index contributed by atoms with van der Waals surface area (Å²) in [4.78, 5) is 24.1. The van der Waals surface area contributed by atoms with Gasteiger partial charge in [0.05, 0.1) is 12.6 Å². The lowest BCUT2D eigenvalue weighted by molar-refractivity contribution is 0.0598. The lowest BCUT2D eigenvalue weighted by atomic mass is 10.1. The van der Waals surface area contributed by atoms with E-state index in [9.17, 15) is 9.59 Å². The average Bonchev–Trinajstić information content (AvgIpc) is 2.45. The van der Waals surface area contributed by atoms with Gasteiger partial charge in [-0.05, 0) is 30.0 Å². The Labute approximate surface area is 121 Å². The number of nitrogens with zero attached hydrogens (tertiary/aromatic N) is 1. The quantitative estimate of drug-likeness (QED) is 0.813. The molecule has 0 radical (unpaired) electrons. The fourth-order valence-corrected chi connectivity index (χ4v) is 2.31. The maximum atomic E-state index is 12.4. The molecule has 0 saturated carbocycles. The van der Waals surface area contributed by atoms with Crippen LogP contribution >= 0.6 is 11.6 Å². The Morgan fingerprint density at radius 2 is 2.10 bits per heavy atom. The van der Waals surface area contributed by atoms with Gasteiger partial charge in [0.15, 0.2) is 0 Å². The Bertz CT molecular complexity index is 706. The summed E-state index contributed by atoms with van der Waals surface area (Å²) in [5, 5.41) is 1.36. The van der Waals surface area contributed by atoms with E-state index in [-0.39, 0.29) is 11.1 Å². The predicted molar refractivity (Wildman–Crippen MR) is 79.5 cm³/mol. The van der Waals surface area contributed by atoms with Crippen molar-refractivity contribution in [2.45, 2.75) is 26.3 Å². The number of hydrogen-bond acceptors (Lipinski definition) is 3. The Balaban J connectivity index is 2.74. The minimum absolute atomic E-state index is 0.0541. The van der Waals surface area contributed by atoms with Crippen LogP contribution in [0, 0.1) is 0 Å². The summed E-state index contributed by atoms with van der Waals surface area (Å²) in [5.41, 5.74) is 0.460. The monoisotopic (exact) mass is 293 g/mol. The van der Waals surface area contributed by atoms with Crippen molar-refractivity contribution in [2.75, 3.05) is 7.11 Å². The highest BCUT2D eigenvalue weighted by Gasteiger charge is 2.16. The van der Waals surface area contributed by atoms with Gasteiger partial charge in [-0.25, -0.2) is 4.79 Å². The first-order valence-electron chi connectivity index (χ1n) is 6.50. The van der Waals surface area contributed by atoms with Gasteiger partial charge < -0.3 is 9.30 Å². The standard InChI is InChI=1S/C15H16ClNO3/c1-3-4-7-17-13-9-11(16)6-5-10(13)8-12(14(17)18)15(19)20-2/h5-6,8-9H,3-4,7H2,1-2H3. The van der Waals surface area contributed by atoms with Crippen molar-refractivity contribution < 1.29 is 9.53 Å². The molecule has 0 N–H and O–H groups in total. The summed E-state index contributed by atoms with van der Waals surface area (Å²) in [5.74, 6) is -0.614. The highest BCUT2D eigenvalue weighted by molar-refractivity contribution is 6.31. The normalized spacial score (nSPS) is 10.8. The molecule has 0 aliphatic rings. The second-order valence-corrected chi connectivity index (χ2v) is 5.00. The van der Waals surface area contributed by atoms with E-state index < -0.39 is 5.97 Å². The van der Waals surface area contributed by atoms with Gasteiger partial charge in [0.2, 0.25) is 0 Å². The van der Waals surface area contributed by atoms with Crippen molar-refractivity contribution in [2.24, 2.45) is 0 Å². The second-order valence-electron chi connectivity index (χ2n) is 4.56. The van der Waals surface area contributed by atoms with Crippen LogP contribution in [-0.2, 0) is 11.3 Å². The third-order valence-corrected chi connectivity index (χ3v) is 3.43. The van der Waals surface area contributed by atoms with Crippen LogP contribution in [0.25, 0.3) is 10.9 Å². The second kappa shape index (κ2) is 6.09. The molecule has 0 atom stereocenters. The van der Waals surface area contributed by atoms with Gasteiger partial charge in [-0.2, -0.15) is 0 Å². The topological polar surface area (TPSA) is 48.3 Å². The number of rotatable bonds is 4. The maximum Gasteiger partial charge on any atom is 0.343 e. The highest BCUT2D eigenvalue weighted by atomic mass is 35.5. The van der Waals surface area contributed by atoms with E-state index >= 15 is 0 Å². The molecule has 0 amide bonds. The molecule has 4 nitrogen and oxygen atoms in total. The molecule has 0 aliphatic carbocycles. The molecule has 2 aromatic rings. The van der Waals surface area contributed by atoms with Gasteiger partial charge in [0.25, 0.3) is 5.56 Å². The molecule has 1 aromatic carbocycles. The van der Waals surface area contributed by atoms with Crippen LogP contribution in [0.1, 0.15) is 30.1 Å². The number of halogens is 1. The lowest BCUT2D eigenvalue weighted by Crippen LogP contribution is -2.27. The third kappa shape index (κ3) is 2.70. The van der Waals surface area contributed by atoms with E-state index in [4.69, 9.17) is 11.6 Å². The molecule has 2 rings (SSSR count). The van der Waals surface area contributed by atoms with E-state index in [1.54, 1.807) is 28.8 Å². The SMILES string of the molecule is CCCCn1c(=O)c(C(=O)OC)cc2ccc(Cl)cc21. The molecule has 0 bridgehead atoms. The fourth-order valence-electron chi connectivity index (χ4n) is 2.14. The zero-order valence-electron chi connectivity index (χ0n) is 11.5. The molecule has 0 fully saturated rings. The van der Waals surface area contributed by atoms with Crippen molar-refractivity contribution in [3.05, 3.63) is 45.2 Å². The number of aromatic nitrogens is 1. The van der Waals surface area contributed by atoms with Crippen molar-refractivity contribution in [1.29, 1.82) is 0 Å². The number of unbranched alkanes of at least 4 members (excludes halogenated alkanes) is 1. The number of pyridine rings is 1. The molecule has 5 heteroatoms. The van der Waals surface area contributed by atoms with Crippen LogP contribution in [0.2, 0.25) is 5.02 Å². The first-order chi connectivity index (χ1) is 9.58. The first kappa shape index (κ1) is 14.6. The van der Waals surface area contributed by atoms with Crippen molar-refractivity contribution in [3.8, 4) is 0 Å². The number of carbonyl (C=O) groups is 1. The zero-order valence-corrected chi connectivity index (χ0v) is 12.2. The molecule has 0 spiro atoms. The molecular weight excluding hydrogens is 278 g/mol. The van der Waals surface area contributed by atoms with Crippen molar-refractivity contribution in [3.63, 3.8) is 0 Å². The predicted octanol–water partition coefficient (Wildman–Crippen LogP) is 3.24. The molecule has 1 heterocycles. The van der Waals surface area contributed by atoms with Crippen molar-refractivity contribution in [1.82, 2.24) is 4.57 Å². The van der Waals surface area contributed by atoms with Gasteiger partial charge in [-0.15, -0.1) is 0 Å². The smallest absolute Gasteiger partial charge is 0.343 e. The molecule has 0 unspecified atom stereocenters. The Morgan fingerprint density at radius 1 is 1.35 bits per heavy atom. The number of carbonyl (C=O) groups excluding carboxylic acids is 1. The highest BCUT2D eigenvalue weighted by Crippen LogP contribution is 2.19. The van der Waals surface area contributed by atoms with Crippen LogP contribution < -0.4 is 5.56 Å². The Morgan fingerprint density at radius 3 is 2.75 bits per heavy atom. The molecule has 1 aromatic heterocycles. The van der Waals surface area contributed by atoms with E-state index in [2.05, 4.69) is 4.74 Å². The van der Waals surface area contributed by atoms with E-state index in [0.29, 0.717) is 11.6 Å². The first-order valence-corrected chi connectivity index (χ1v) is 6.87. The molecule has 20 heavy (non-hydrogen) atoms. The van der Waals surface area contributed by atoms with Crippen LogP contribution in [0.15, 0.2) is 29.1 Å². The average molecular weight is 294 g/mol. The minimum atomic E-state index is -0.614. The number of aryl methyl sites for hydroxylation is 1. The minimum Gasteiger partial charge on any atom is -0.465 e.